The molecule has 2 rings (SSSR count). The maximum absolute atomic E-state index is 12.0. The van der Waals surface area contributed by atoms with Crippen molar-refractivity contribution in [2.75, 3.05) is 7.11 Å². The number of carbonyl (C=O) groups is 2. The first kappa shape index (κ1) is 18.5. The molecule has 5 nitrogen and oxygen atoms in total. The molecule has 2 aromatic carbocycles. The number of rotatable bonds is 8. The number of hydrogen-bond donors (Lipinski definition) is 1. The molecule has 0 aliphatic rings. The van der Waals surface area contributed by atoms with Crippen molar-refractivity contribution in [3.8, 4) is 5.75 Å². The predicted molar refractivity (Wildman–Crippen MR) is 95.2 cm³/mol. The van der Waals surface area contributed by atoms with Gasteiger partial charge in [0.2, 0.25) is 0 Å². The van der Waals surface area contributed by atoms with Gasteiger partial charge in [0.25, 0.3) is 5.91 Å². The Morgan fingerprint density at radius 1 is 1.00 bits per heavy atom. The summed E-state index contributed by atoms with van der Waals surface area (Å²) in [5.74, 6) is 0.0786. The highest BCUT2D eigenvalue weighted by atomic mass is 16.5. The van der Waals surface area contributed by atoms with Gasteiger partial charge in [0.05, 0.1) is 7.11 Å². The Kier molecular flexibility index (Phi) is 7.01. The molecule has 0 bridgehead atoms. The van der Waals surface area contributed by atoms with Crippen LogP contribution in [-0.2, 0) is 27.3 Å². The normalized spacial score (nSPS) is 11.4. The summed E-state index contributed by atoms with van der Waals surface area (Å²) in [5, 5.41) is 2.76. The Morgan fingerprint density at radius 2 is 1.68 bits per heavy atom. The van der Waals surface area contributed by atoms with E-state index in [2.05, 4.69) is 5.32 Å². The van der Waals surface area contributed by atoms with Gasteiger partial charge < -0.3 is 14.8 Å². The number of esters is 1. The number of methoxy groups -OCH3 is 1. The molecular weight excluding hydrogens is 318 g/mol. The fourth-order valence-electron chi connectivity index (χ4n) is 2.28. The lowest BCUT2D eigenvalue weighted by atomic mass is 10.1. The number of carbonyl (C=O) groups excluding carboxylic acids is 2. The molecule has 0 unspecified atom stereocenters. The molecular formula is C20H23NO4. The molecule has 0 radical (unpaired) electrons. The highest BCUT2D eigenvalue weighted by Gasteiger charge is 2.17. The van der Waals surface area contributed by atoms with E-state index in [9.17, 15) is 9.59 Å². The molecule has 5 heteroatoms. The topological polar surface area (TPSA) is 64.6 Å². The van der Waals surface area contributed by atoms with Crippen molar-refractivity contribution in [3.63, 3.8) is 0 Å². The molecule has 25 heavy (non-hydrogen) atoms. The molecule has 0 saturated carbocycles. The van der Waals surface area contributed by atoms with Crippen molar-refractivity contribution in [2.24, 2.45) is 0 Å². The van der Waals surface area contributed by atoms with Crippen LogP contribution in [0.5, 0.6) is 5.75 Å². The molecule has 0 fully saturated rings. The SMILES string of the molecule is COc1ccc(CCC(=O)O[C@H](C)C(=O)NCc2ccccc2)cc1. The van der Waals surface area contributed by atoms with Crippen LogP contribution in [0.1, 0.15) is 24.5 Å². The third-order valence-corrected chi connectivity index (χ3v) is 3.76. The fraction of sp³-hybridized carbons (Fsp3) is 0.300. The van der Waals surface area contributed by atoms with E-state index in [1.54, 1.807) is 14.0 Å². The monoisotopic (exact) mass is 341 g/mol. The lowest BCUT2D eigenvalue weighted by Gasteiger charge is -2.13. The zero-order valence-electron chi connectivity index (χ0n) is 14.5. The summed E-state index contributed by atoms with van der Waals surface area (Å²) in [6, 6.07) is 17.1. The fourth-order valence-corrected chi connectivity index (χ4v) is 2.28. The third kappa shape index (κ3) is 6.30. The second-order valence-electron chi connectivity index (χ2n) is 5.68. The summed E-state index contributed by atoms with van der Waals surface area (Å²) >= 11 is 0. The summed E-state index contributed by atoms with van der Waals surface area (Å²) in [6.07, 6.45) is -0.0313. The van der Waals surface area contributed by atoms with Crippen molar-refractivity contribution >= 4 is 11.9 Å². The first-order valence-electron chi connectivity index (χ1n) is 8.22. The van der Waals surface area contributed by atoms with E-state index in [0.29, 0.717) is 13.0 Å². The van der Waals surface area contributed by atoms with E-state index in [-0.39, 0.29) is 12.3 Å². The van der Waals surface area contributed by atoms with Gasteiger partial charge in [-0.3, -0.25) is 9.59 Å². The number of aryl methyl sites for hydroxylation is 1. The minimum atomic E-state index is -0.813. The molecule has 0 saturated heterocycles. The number of benzene rings is 2. The number of ether oxygens (including phenoxy) is 2. The standard InChI is InChI=1S/C20H23NO4/c1-15(20(23)21-14-17-6-4-3-5-7-17)25-19(22)13-10-16-8-11-18(24-2)12-9-16/h3-9,11-12,15H,10,13-14H2,1-2H3,(H,21,23)/t15-/m1/s1. The van der Waals surface area contributed by atoms with E-state index in [4.69, 9.17) is 9.47 Å². The van der Waals surface area contributed by atoms with Crippen molar-refractivity contribution in [3.05, 3.63) is 65.7 Å². The first-order valence-corrected chi connectivity index (χ1v) is 8.22. The van der Waals surface area contributed by atoms with E-state index in [1.165, 1.54) is 0 Å². The van der Waals surface area contributed by atoms with Gasteiger partial charge in [-0.15, -0.1) is 0 Å². The van der Waals surface area contributed by atoms with E-state index < -0.39 is 12.1 Å². The van der Waals surface area contributed by atoms with Crippen LogP contribution in [0.15, 0.2) is 54.6 Å². The van der Waals surface area contributed by atoms with Gasteiger partial charge in [-0.25, -0.2) is 0 Å². The molecule has 1 amide bonds. The zero-order valence-corrected chi connectivity index (χ0v) is 14.5. The summed E-state index contributed by atoms with van der Waals surface area (Å²) in [5.41, 5.74) is 2.01. The molecule has 132 valence electrons. The van der Waals surface area contributed by atoms with Crippen LogP contribution < -0.4 is 10.1 Å². The van der Waals surface area contributed by atoms with Crippen molar-refractivity contribution in [1.29, 1.82) is 0 Å². The van der Waals surface area contributed by atoms with Gasteiger partial charge in [0.15, 0.2) is 6.10 Å². The van der Waals surface area contributed by atoms with Crippen LogP contribution in [-0.4, -0.2) is 25.1 Å². The second kappa shape index (κ2) is 9.47. The van der Waals surface area contributed by atoms with Crippen molar-refractivity contribution in [1.82, 2.24) is 5.32 Å². The maximum Gasteiger partial charge on any atom is 0.306 e. The third-order valence-electron chi connectivity index (χ3n) is 3.76. The van der Waals surface area contributed by atoms with E-state index >= 15 is 0 Å². The van der Waals surface area contributed by atoms with Gasteiger partial charge in [0, 0.05) is 13.0 Å². The highest BCUT2D eigenvalue weighted by Crippen LogP contribution is 2.13. The summed E-state index contributed by atoms with van der Waals surface area (Å²) < 4.78 is 10.3. The minimum absolute atomic E-state index is 0.225. The highest BCUT2D eigenvalue weighted by molar-refractivity contribution is 5.83. The smallest absolute Gasteiger partial charge is 0.306 e. The Labute approximate surface area is 148 Å². The molecule has 1 atom stereocenters. The molecule has 0 spiro atoms. The number of nitrogens with one attached hydrogen (secondary N) is 1. The summed E-state index contributed by atoms with van der Waals surface area (Å²) in [4.78, 5) is 23.9. The van der Waals surface area contributed by atoms with Crippen LogP contribution in [0.2, 0.25) is 0 Å². The van der Waals surface area contributed by atoms with Crippen molar-refractivity contribution < 1.29 is 19.1 Å². The Balaban J connectivity index is 1.72. The molecule has 0 aliphatic carbocycles. The van der Waals surface area contributed by atoms with Gasteiger partial charge in [-0.05, 0) is 36.6 Å². The summed E-state index contributed by atoms with van der Waals surface area (Å²) in [7, 11) is 1.61. The average Bonchev–Trinajstić information content (AvgIpc) is 2.65. The molecule has 1 N–H and O–H groups in total. The van der Waals surface area contributed by atoms with E-state index in [0.717, 1.165) is 16.9 Å². The quantitative estimate of drug-likeness (QED) is 0.750. The molecule has 0 aliphatic heterocycles. The predicted octanol–water partition coefficient (Wildman–Crippen LogP) is 2.88. The first-order chi connectivity index (χ1) is 12.1. The van der Waals surface area contributed by atoms with Crippen LogP contribution in [0.3, 0.4) is 0 Å². The van der Waals surface area contributed by atoms with Crippen LogP contribution >= 0.6 is 0 Å². The Morgan fingerprint density at radius 3 is 2.32 bits per heavy atom. The molecule has 0 aromatic heterocycles. The van der Waals surface area contributed by atoms with Gasteiger partial charge in [-0.2, -0.15) is 0 Å². The average molecular weight is 341 g/mol. The van der Waals surface area contributed by atoms with Crippen LogP contribution in [0.25, 0.3) is 0 Å². The van der Waals surface area contributed by atoms with Crippen molar-refractivity contribution in [2.45, 2.75) is 32.4 Å². The van der Waals surface area contributed by atoms with Gasteiger partial charge >= 0.3 is 5.97 Å². The van der Waals surface area contributed by atoms with Crippen LogP contribution in [0, 0.1) is 0 Å². The molecule has 0 heterocycles. The van der Waals surface area contributed by atoms with E-state index in [1.807, 2.05) is 54.6 Å². The molecule has 2 aromatic rings. The maximum atomic E-state index is 12.0. The lowest BCUT2D eigenvalue weighted by molar-refractivity contribution is -0.154. The largest absolute Gasteiger partial charge is 0.497 e. The lowest BCUT2D eigenvalue weighted by Crippen LogP contribution is -2.35. The van der Waals surface area contributed by atoms with Crippen LogP contribution in [0.4, 0.5) is 0 Å². The zero-order chi connectivity index (χ0) is 18.1. The number of amides is 1. The second-order valence-corrected chi connectivity index (χ2v) is 5.68. The Hall–Kier alpha value is -2.82. The summed E-state index contributed by atoms with van der Waals surface area (Å²) in [6.45, 7) is 1.99. The van der Waals surface area contributed by atoms with Gasteiger partial charge in [-0.1, -0.05) is 42.5 Å². The number of hydrogen-bond acceptors (Lipinski definition) is 4. The van der Waals surface area contributed by atoms with Gasteiger partial charge in [0.1, 0.15) is 5.75 Å². The minimum Gasteiger partial charge on any atom is -0.497 e. The Bertz CT molecular complexity index is 683.